The predicted octanol–water partition coefficient (Wildman–Crippen LogP) is 5.55. The summed E-state index contributed by atoms with van der Waals surface area (Å²) < 4.78 is 70.0. The van der Waals surface area contributed by atoms with E-state index in [0.29, 0.717) is 69.6 Å². The number of rotatable bonds is 7. The molecule has 0 radical (unpaired) electrons. The summed E-state index contributed by atoms with van der Waals surface area (Å²) in [6.07, 6.45) is 0.0902. The first-order valence-electron chi connectivity index (χ1n) is 14.9. The van der Waals surface area contributed by atoms with Crippen molar-refractivity contribution < 1.29 is 36.6 Å². The molecule has 6 nitrogen and oxygen atoms in total. The number of carbonyl (C=O) groups is 1. The van der Waals surface area contributed by atoms with Crippen LogP contribution in [0.25, 0.3) is 0 Å². The van der Waals surface area contributed by atoms with E-state index in [4.69, 9.17) is 0 Å². The number of β-amino-alcohol motifs (C(OH)–C–C–N with tert-alkyl or cyclic N) is 1. The Morgan fingerprint density at radius 2 is 1.88 bits per heavy atom. The summed E-state index contributed by atoms with van der Waals surface area (Å²) in [4.78, 5) is 16.7. The van der Waals surface area contributed by atoms with Crippen LogP contribution in [0.5, 0.6) is 0 Å². The number of ether oxygens (including phenoxy) is 1. The summed E-state index contributed by atoms with van der Waals surface area (Å²) in [6, 6.07) is 0. The van der Waals surface area contributed by atoms with Gasteiger partial charge in [-0.05, 0) is 81.9 Å². The highest BCUT2D eigenvalue weighted by Crippen LogP contribution is 2.38. The highest BCUT2D eigenvalue weighted by atomic mass is 19.4. The number of amides is 1. The number of alkyl halides is 5. The van der Waals surface area contributed by atoms with Crippen molar-refractivity contribution in [3.8, 4) is 0 Å². The molecule has 0 bridgehead atoms. The highest BCUT2D eigenvalue weighted by molar-refractivity contribution is 5.76. The smallest absolute Gasteiger partial charge is 0.411 e. The lowest BCUT2D eigenvalue weighted by Crippen LogP contribution is -2.49. The van der Waals surface area contributed by atoms with Gasteiger partial charge in [-0.25, -0.2) is 8.78 Å². The summed E-state index contributed by atoms with van der Waals surface area (Å²) >= 11 is 0. The van der Waals surface area contributed by atoms with E-state index in [1.54, 1.807) is 11.0 Å². The van der Waals surface area contributed by atoms with Crippen LogP contribution in [0.15, 0.2) is 35.8 Å². The molecule has 1 aliphatic carbocycles. The first kappa shape index (κ1) is 31.8. The number of hydrogen-bond donors (Lipinski definition) is 2. The molecule has 3 heterocycles. The van der Waals surface area contributed by atoms with Gasteiger partial charge in [0, 0.05) is 51.1 Å². The highest BCUT2D eigenvalue weighted by Gasteiger charge is 2.37. The largest absolute Gasteiger partial charge is 0.572 e. The zero-order valence-electron chi connectivity index (χ0n) is 23.7. The van der Waals surface area contributed by atoms with Gasteiger partial charge in [0.15, 0.2) is 0 Å². The summed E-state index contributed by atoms with van der Waals surface area (Å²) in [6.45, 7) is 7.71. The van der Waals surface area contributed by atoms with Crippen molar-refractivity contribution in [3.63, 3.8) is 0 Å². The molecular weight excluding hydrogens is 545 g/mol. The van der Waals surface area contributed by atoms with Crippen molar-refractivity contribution in [2.45, 2.75) is 95.4 Å². The molecule has 2 fully saturated rings. The summed E-state index contributed by atoms with van der Waals surface area (Å²) in [7, 11) is 0. The Bertz CT molecular complexity index is 969. The zero-order valence-corrected chi connectivity index (χ0v) is 23.7. The molecule has 232 valence electrons. The fraction of sp³-hybridized carbons (Fsp3) is 0.767. The van der Waals surface area contributed by atoms with Crippen molar-refractivity contribution in [1.82, 2.24) is 15.1 Å². The first-order chi connectivity index (χ1) is 19.4. The summed E-state index contributed by atoms with van der Waals surface area (Å²) in [5.41, 5.74) is 1.18. The Hall–Kier alpha value is -2.14. The number of halogens is 5. The van der Waals surface area contributed by atoms with Gasteiger partial charge in [-0.3, -0.25) is 4.79 Å². The van der Waals surface area contributed by atoms with Gasteiger partial charge in [0.2, 0.25) is 5.91 Å². The van der Waals surface area contributed by atoms with Crippen molar-refractivity contribution in [3.05, 3.63) is 35.8 Å². The molecule has 0 aromatic carbocycles. The Balaban J connectivity index is 1.20. The van der Waals surface area contributed by atoms with E-state index in [1.807, 2.05) is 0 Å². The van der Waals surface area contributed by atoms with Crippen LogP contribution in [0.1, 0.15) is 70.6 Å². The number of likely N-dealkylation sites (tertiary alicyclic amines) is 2. The molecule has 41 heavy (non-hydrogen) atoms. The number of carbonyl (C=O) groups excluding carboxylic acids is 1. The lowest BCUT2D eigenvalue weighted by atomic mass is 9.75. The third kappa shape index (κ3) is 9.70. The van der Waals surface area contributed by atoms with Gasteiger partial charge in [0.25, 0.3) is 0 Å². The minimum Gasteiger partial charge on any atom is -0.411 e. The molecule has 0 aromatic rings. The first-order valence-corrected chi connectivity index (χ1v) is 14.9. The van der Waals surface area contributed by atoms with E-state index in [1.165, 1.54) is 6.08 Å². The minimum absolute atomic E-state index is 0.0132. The van der Waals surface area contributed by atoms with Gasteiger partial charge in [0.05, 0.1) is 6.10 Å². The molecule has 1 spiro atoms. The fourth-order valence-electron chi connectivity index (χ4n) is 6.57. The van der Waals surface area contributed by atoms with E-state index in [9.17, 15) is 31.9 Å². The molecule has 2 saturated heterocycles. The third-order valence-electron chi connectivity index (χ3n) is 9.24. The molecule has 0 aromatic heterocycles. The van der Waals surface area contributed by atoms with E-state index >= 15 is 0 Å². The van der Waals surface area contributed by atoms with Crippen LogP contribution in [0.3, 0.4) is 0 Å². The van der Waals surface area contributed by atoms with Gasteiger partial charge in [-0.15, -0.1) is 13.2 Å². The van der Waals surface area contributed by atoms with Crippen LogP contribution in [0, 0.1) is 11.3 Å². The molecule has 3 aliphatic heterocycles. The number of nitrogens with zero attached hydrogens (tertiary/aromatic N) is 2. The SMILES string of the molecule is C=C1CC/C(OC(F)(F)F)=C\CC2(CCN(CC(O)C3CCN(C(=O)CCC4=CC(F)CC(F)C4)CC3)CC2)CN1. The Labute approximate surface area is 239 Å². The fourth-order valence-corrected chi connectivity index (χ4v) is 6.57. The molecule has 1 amide bonds. The number of aliphatic hydroxyl groups excluding tert-OH is 1. The van der Waals surface area contributed by atoms with Crippen LogP contribution in [-0.4, -0.2) is 84.9 Å². The van der Waals surface area contributed by atoms with Crippen molar-refractivity contribution in [2.75, 3.05) is 39.3 Å². The number of nitrogens with one attached hydrogen (secondary N) is 1. The second-order valence-corrected chi connectivity index (χ2v) is 12.3. The van der Waals surface area contributed by atoms with Crippen LogP contribution in [0.2, 0.25) is 0 Å². The second kappa shape index (κ2) is 13.9. The maximum Gasteiger partial charge on any atom is 0.572 e. The van der Waals surface area contributed by atoms with Crippen molar-refractivity contribution in [1.29, 1.82) is 0 Å². The third-order valence-corrected chi connectivity index (χ3v) is 9.24. The number of piperidine rings is 2. The number of allylic oxidation sites excluding steroid dienone is 5. The normalized spacial score (nSPS) is 28.9. The van der Waals surface area contributed by atoms with Crippen LogP contribution in [-0.2, 0) is 9.53 Å². The molecule has 0 saturated carbocycles. The lowest BCUT2D eigenvalue weighted by Gasteiger charge is -2.43. The van der Waals surface area contributed by atoms with Gasteiger partial charge < -0.3 is 25.0 Å². The van der Waals surface area contributed by atoms with Crippen LogP contribution >= 0.6 is 0 Å². The minimum atomic E-state index is -4.71. The van der Waals surface area contributed by atoms with Gasteiger partial charge in [0.1, 0.15) is 18.1 Å². The van der Waals surface area contributed by atoms with Crippen molar-refractivity contribution >= 4 is 5.91 Å². The van der Waals surface area contributed by atoms with Crippen LogP contribution < -0.4 is 5.32 Å². The average Bonchev–Trinajstić information content (AvgIpc) is 2.98. The predicted molar refractivity (Wildman–Crippen MR) is 146 cm³/mol. The van der Waals surface area contributed by atoms with Crippen LogP contribution in [0.4, 0.5) is 22.0 Å². The molecule has 4 aliphatic rings. The molecule has 3 unspecified atom stereocenters. The Morgan fingerprint density at radius 1 is 1.17 bits per heavy atom. The lowest BCUT2D eigenvalue weighted by molar-refractivity contribution is -0.306. The maximum atomic E-state index is 13.6. The standard InChI is InChI=1S/C30H44F5N3O3/c1-21-2-4-26(41-30(33,34)35)6-9-29(20-36-21)10-14-37(15-11-29)19-27(39)23-7-12-38(13-8-23)28(40)5-3-22-16-24(31)18-25(32)17-22/h6,16,23-25,27,36,39H,1-5,7-15,17-20H2/b26-6+. The second-order valence-electron chi connectivity index (χ2n) is 12.3. The van der Waals surface area contributed by atoms with E-state index in [0.717, 1.165) is 25.9 Å². The van der Waals surface area contributed by atoms with E-state index < -0.39 is 24.8 Å². The molecular formula is C30H44F5N3O3. The molecule has 11 heteroatoms. The number of aliphatic hydroxyl groups is 1. The summed E-state index contributed by atoms with van der Waals surface area (Å²) in [5.74, 6) is 0.00782. The molecule has 3 atom stereocenters. The quantitative estimate of drug-likeness (QED) is 0.301. The van der Waals surface area contributed by atoms with Crippen molar-refractivity contribution in [2.24, 2.45) is 11.3 Å². The Morgan fingerprint density at radius 3 is 2.54 bits per heavy atom. The van der Waals surface area contributed by atoms with E-state index in [2.05, 4.69) is 21.5 Å². The van der Waals surface area contributed by atoms with E-state index in [-0.39, 0.29) is 48.7 Å². The average molecular weight is 590 g/mol. The topological polar surface area (TPSA) is 65.0 Å². The Kier molecular flexibility index (Phi) is 10.8. The maximum absolute atomic E-state index is 13.6. The van der Waals surface area contributed by atoms with Gasteiger partial charge >= 0.3 is 6.36 Å². The zero-order chi connectivity index (χ0) is 29.6. The molecule has 4 rings (SSSR count). The summed E-state index contributed by atoms with van der Waals surface area (Å²) in [5, 5.41) is 14.3. The number of hydrogen-bond acceptors (Lipinski definition) is 5. The monoisotopic (exact) mass is 589 g/mol. The van der Waals surface area contributed by atoms with Gasteiger partial charge in [-0.1, -0.05) is 18.2 Å². The molecule has 2 N–H and O–H groups in total. The van der Waals surface area contributed by atoms with Gasteiger partial charge in [-0.2, -0.15) is 0 Å².